The Balaban J connectivity index is 1.55. The molecule has 0 aliphatic carbocycles. The van der Waals surface area contributed by atoms with E-state index in [4.69, 9.17) is 4.74 Å². The Hall–Kier alpha value is -2.63. The summed E-state index contributed by atoms with van der Waals surface area (Å²) in [4.78, 5) is 16.2. The Morgan fingerprint density at radius 2 is 1.68 bits per heavy atom. The number of hydrogen-bond acceptors (Lipinski definition) is 3. The average Bonchev–Trinajstić information content (AvgIpc) is 2.65. The predicted octanol–water partition coefficient (Wildman–Crippen LogP) is 2.86. The number of ether oxygens (including phenoxy) is 1. The Kier molecular flexibility index (Phi) is 5.16. The maximum absolute atomic E-state index is 13.4. The number of hydrogen-bond donors (Lipinski definition) is 0. The first kappa shape index (κ1) is 17.2. The van der Waals surface area contributed by atoms with E-state index in [0.29, 0.717) is 38.3 Å². The van der Waals surface area contributed by atoms with Gasteiger partial charge in [-0.05, 0) is 29.8 Å². The summed E-state index contributed by atoms with van der Waals surface area (Å²) in [6, 6.07) is 11.3. The molecule has 132 valence electrons. The van der Waals surface area contributed by atoms with Crippen molar-refractivity contribution < 1.29 is 18.3 Å². The molecule has 2 aromatic rings. The van der Waals surface area contributed by atoms with Gasteiger partial charge in [-0.3, -0.25) is 4.79 Å². The van der Waals surface area contributed by atoms with E-state index in [2.05, 4.69) is 0 Å². The number of rotatable bonds is 4. The van der Waals surface area contributed by atoms with E-state index in [1.54, 1.807) is 18.1 Å². The van der Waals surface area contributed by atoms with Crippen molar-refractivity contribution in [1.29, 1.82) is 0 Å². The molecule has 0 radical (unpaired) electrons. The van der Waals surface area contributed by atoms with E-state index in [1.807, 2.05) is 29.2 Å². The van der Waals surface area contributed by atoms with Crippen molar-refractivity contribution in [3.63, 3.8) is 0 Å². The van der Waals surface area contributed by atoms with Crippen molar-refractivity contribution in [2.75, 3.05) is 38.2 Å². The molecule has 1 fully saturated rings. The molecule has 0 saturated carbocycles. The zero-order valence-corrected chi connectivity index (χ0v) is 14.0. The number of nitrogens with zero attached hydrogens (tertiary/aromatic N) is 2. The van der Waals surface area contributed by atoms with Crippen LogP contribution in [-0.2, 0) is 11.2 Å². The number of carbonyl (C=O) groups is 1. The minimum Gasteiger partial charge on any atom is -0.497 e. The fourth-order valence-corrected chi connectivity index (χ4v) is 2.93. The summed E-state index contributed by atoms with van der Waals surface area (Å²) in [5.74, 6) is -0.876. The summed E-state index contributed by atoms with van der Waals surface area (Å²) in [6.45, 7) is 2.32. The molecule has 0 N–H and O–H groups in total. The van der Waals surface area contributed by atoms with Gasteiger partial charge >= 0.3 is 0 Å². The molecular formula is C19H20F2N2O2. The van der Waals surface area contributed by atoms with Crippen molar-refractivity contribution in [1.82, 2.24) is 4.90 Å². The Labute approximate surface area is 145 Å². The van der Waals surface area contributed by atoms with Crippen LogP contribution in [0.2, 0.25) is 0 Å². The molecule has 1 aliphatic rings. The first-order valence-electron chi connectivity index (χ1n) is 8.17. The van der Waals surface area contributed by atoms with Crippen molar-refractivity contribution >= 4 is 11.6 Å². The molecule has 1 amide bonds. The number of amides is 1. The van der Waals surface area contributed by atoms with Gasteiger partial charge in [0.2, 0.25) is 5.91 Å². The van der Waals surface area contributed by atoms with Gasteiger partial charge in [-0.2, -0.15) is 0 Å². The lowest BCUT2D eigenvalue weighted by Gasteiger charge is -2.36. The third-order valence-corrected chi connectivity index (χ3v) is 4.42. The smallest absolute Gasteiger partial charge is 0.227 e. The number of piperazine rings is 1. The largest absolute Gasteiger partial charge is 0.497 e. The van der Waals surface area contributed by atoms with Crippen molar-refractivity contribution in [3.05, 3.63) is 59.7 Å². The molecule has 0 unspecified atom stereocenters. The maximum atomic E-state index is 13.4. The summed E-state index contributed by atoms with van der Waals surface area (Å²) < 4.78 is 31.5. The van der Waals surface area contributed by atoms with E-state index in [-0.39, 0.29) is 5.91 Å². The summed E-state index contributed by atoms with van der Waals surface area (Å²) in [5.41, 5.74) is 1.58. The molecule has 1 saturated heterocycles. The summed E-state index contributed by atoms with van der Waals surface area (Å²) in [6.07, 6.45) is 0.342. The predicted molar refractivity (Wildman–Crippen MR) is 91.8 cm³/mol. The summed E-state index contributed by atoms with van der Waals surface area (Å²) >= 11 is 0. The summed E-state index contributed by atoms with van der Waals surface area (Å²) in [7, 11) is 1.60. The summed E-state index contributed by atoms with van der Waals surface area (Å²) in [5, 5.41) is 0. The molecule has 6 heteroatoms. The normalized spacial score (nSPS) is 14.5. The number of halogens is 2. The monoisotopic (exact) mass is 346 g/mol. The van der Waals surface area contributed by atoms with Gasteiger partial charge in [-0.15, -0.1) is 0 Å². The van der Waals surface area contributed by atoms with Crippen LogP contribution in [0.15, 0.2) is 42.5 Å². The van der Waals surface area contributed by atoms with Gasteiger partial charge in [0, 0.05) is 37.9 Å². The van der Waals surface area contributed by atoms with Crippen LogP contribution in [0.4, 0.5) is 14.5 Å². The maximum Gasteiger partial charge on any atom is 0.227 e. The van der Waals surface area contributed by atoms with Gasteiger partial charge in [0.05, 0.1) is 13.5 Å². The van der Waals surface area contributed by atoms with Crippen LogP contribution in [0.5, 0.6) is 5.75 Å². The lowest BCUT2D eigenvalue weighted by Crippen LogP contribution is -2.49. The van der Waals surface area contributed by atoms with E-state index < -0.39 is 11.6 Å². The topological polar surface area (TPSA) is 32.8 Å². The average molecular weight is 346 g/mol. The van der Waals surface area contributed by atoms with Gasteiger partial charge in [0.15, 0.2) is 11.6 Å². The Bertz CT molecular complexity index is 742. The second-order valence-corrected chi connectivity index (χ2v) is 5.99. The standard InChI is InChI=1S/C19H20F2N2O2/c1-25-16-5-2-14(3-6-16)12-19(24)23-10-8-22(9-11-23)15-4-7-17(20)18(21)13-15/h2-7,13H,8-12H2,1H3. The van der Waals surface area contributed by atoms with Crippen LogP contribution >= 0.6 is 0 Å². The third kappa shape index (κ3) is 4.07. The highest BCUT2D eigenvalue weighted by molar-refractivity contribution is 5.79. The molecule has 1 heterocycles. The van der Waals surface area contributed by atoms with Gasteiger partial charge in [0.1, 0.15) is 5.75 Å². The molecule has 1 aliphatic heterocycles. The third-order valence-electron chi connectivity index (χ3n) is 4.42. The fourth-order valence-electron chi connectivity index (χ4n) is 2.93. The lowest BCUT2D eigenvalue weighted by molar-refractivity contribution is -0.130. The van der Waals surface area contributed by atoms with Gasteiger partial charge < -0.3 is 14.5 Å². The second-order valence-electron chi connectivity index (χ2n) is 5.99. The van der Waals surface area contributed by atoms with E-state index in [9.17, 15) is 13.6 Å². The van der Waals surface area contributed by atoms with Gasteiger partial charge in [-0.25, -0.2) is 8.78 Å². The SMILES string of the molecule is COc1ccc(CC(=O)N2CCN(c3ccc(F)c(F)c3)CC2)cc1. The Morgan fingerprint density at radius 1 is 1.00 bits per heavy atom. The highest BCUT2D eigenvalue weighted by Gasteiger charge is 2.22. The van der Waals surface area contributed by atoms with Crippen molar-refractivity contribution in [2.45, 2.75) is 6.42 Å². The number of methoxy groups -OCH3 is 1. The fraction of sp³-hybridized carbons (Fsp3) is 0.316. The van der Waals surface area contributed by atoms with Crippen LogP contribution in [0.1, 0.15) is 5.56 Å². The molecule has 25 heavy (non-hydrogen) atoms. The molecule has 3 rings (SSSR count). The zero-order chi connectivity index (χ0) is 17.8. The van der Waals surface area contributed by atoms with Crippen LogP contribution in [0.3, 0.4) is 0 Å². The molecule has 4 nitrogen and oxygen atoms in total. The quantitative estimate of drug-likeness (QED) is 0.853. The molecule has 2 aromatic carbocycles. The van der Waals surface area contributed by atoms with E-state index in [0.717, 1.165) is 17.4 Å². The second kappa shape index (κ2) is 7.51. The number of benzene rings is 2. The van der Waals surface area contributed by atoms with Gasteiger partial charge in [-0.1, -0.05) is 12.1 Å². The van der Waals surface area contributed by atoms with Crippen molar-refractivity contribution in [2.24, 2.45) is 0 Å². The highest BCUT2D eigenvalue weighted by Crippen LogP contribution is 2.20. The molecule has 0 aromatic heterocycles. The van der Waals surface area contributed by atoms with Crippen molar-refractivity contribution in [3.8, 4) is 5.75 Å². The van der Waals surface area contributed by atoms with E-state index in [1.165, 1.54) is 6.07 Å². The minimum absolute atomic E-state index is 0.0649. The highest BCUT2D eigenvalue weighted by atomic mass is 19.2. The molecule has 0 spiro atoms. The van der Waals surface area contributed by atoms with Gasteiger partial charge in [0.25, 0.3) is 0 Å². The molecular weight excluding hydrogens is 326 g/mol. The first-order valence-corrected chi connectivity index (χ1v) is 8.17. The zero-order valence-electron chi connectivity index (χ0n) is 14.0. The van der Waals surface area contributed by atoms with Crippen LogP contribution in [-0.4, -0.2) is 44.1 Å². The van der Waals surface area contributed by atoms with Crippen LogP contribution < -0.4 is 9.64 Å². The van der Waals surface area contributed by atoms with E-state index >= 15 is 0 Å². The molecule has 0 atom stereocenters. The Morgan fingerprint density at radius 3 is 2.28 bits per heavy atom. The minimum atomic E-state index is -0.851. The number of anilines is 1. The first-order chi connectivity index (χ1) is 12.1. The lowest BCUT2D eigenvalue weighted by atomic mass is 10.1. The number of carbonyl (C=O) groups excluding carboxylic acids is 1. The van der Waals surface area contributed by atoms with Crippen LogP contribution in [0, 0.1) is 11.6 Å². The molecule has 0 bridgehead atoms. The van der Waals surface area contributed by atoms with Crippen LogP contribution in [0.25, 0.3) is 0 Å².